The highest BCUT2D eigenvalue weighted by Crippen LogP contribution is 2.36. The van der Waals surface area contributed by atoms with Crippen molar-refractivity contribution >= 4 is 17.7 Å². The predicted molar refractivity (Wildman–Crippen MR) is 141 cm³/mol. The van der Waals surface area contributed by atoms with Crippen molar-refractivity contribution in [2.75, 3.05) is 20.3 Å². The van der Waals surface area contributed by atoms with Crippen molar-refractivity contribution in [3.8, 4) is 11.5 Å². The minimum absolute atomic E-state index is 0.222. The van der Waals surface area contributed by atoms with E-state index >= 15 is 0 Å². The molecular weight excluding hydrogens is 456 g/mol. The molecule has 0 saturated heterocycles. The number of ether oxygens (including phenoxy) is 3. The number of amides is 2. The van der Waals surface area contributed by atoms with Gasteiger partial charge in [0, 0.05) is 0 Å². The summed E-state index contributed by atoms with van der Waals surface area (Å²) in [6.07, 6.45) is 8.48. The van der Waals surface area contributed by atoms with Gasteiger partial charge in [0.2, 0.25) is 0 Å². The maximum atomic E-state index is 13.1. The van der Waals surface area contributed by atoms with Crippen molar-refractivity contribution in [2.24, 2.45) is 0 Å². The SMILES string of the molecule is CCCCCCCCCOc1ccc(C2NC(=O)NC(c3ccccc3)=C2C(=O)OCC)cc1OC. The molecule has 2 N–H and O–H groups in total. The van der Waals surface area contributed by atoms with Crippen molar-refractivity contribution in [1.29, 1.82) is 0 Å². The summed E-state index contributed by atoms with van der Waals surface area (Å²) in [4.78, 5) is 25.7. The Bertz CT molecular complexity index is 1040. The van der Waals surface area contributed by atoms with Gasteiger partial charge >= 0.3 is 12.0 Å². The molecule has 0 radical (unpaired) electrons. The van der Waals surface area contributed by atoms with Gasteiger partial charge in [-0.2, -0.15) is 0 Å². The molecule has 2 aromatic carbocycles. The first-order chi connectivity index (χ1) is 17.6. The van der Waals surface area contributed by atoms with Crippen LogP contribution in [0.4, 0.5) is 4.79 Å². The lowest BCUT2D eigenvalue weighted by Gasteiger charge is -2.30. The highest BCUT2D eigenvalue weighted by molar-refractivity contribution is 6.04. The zero-order chi connectivity index (χ0) is 25.8. The molecule has 194 valence electrons. The van der Waals surface area contributed by atoms with Gasteiger partial charge in [0.1, 0.15) is 0 Å². The Morgan fingerprint density at radius 1 is 0.917 bits per heavy atom. The van der Waals surface area contributed by atoms with Gasteiger partial charge in [-0.3, -0.25) is 0 Å². The van der Waals surface area contributed by atoms with Gasteiger partial charge in [0.15, 0.2) is 11.5 Å². The van der Waals surface area contributed by atoms with E-state index in [2.05, 4.69) is 17.6 Å². The monoisotopic (exact) mass is 494 g/mol. The molecule has 7 heteroatoms. The number of urea groups is 1. The zero-order valence-electron chi connectivity index (χ0n) is 21.6. The summed E-state index contributed by atoms with van der Waals surface area (Å²) in [5.41, 5.74) is 2.19. The Labute approximate surface area is 214 Å². The van der Waals surface area contributed by atoms with Gasteiger partial charge in [0.25, 0.3) is 0 Å². The Hall–Kier alpha value is -3.48. The lowest BCUT2D eigenvalue weighted by Crippen LogP contribution is -2.45. The maximum absolute atomic E-state index is 13.1. The van der Waals surface area contributed by atoms with Gasteiger partial charge in [0.05, 0.1) is 37.6 Å². The summed E-state index contributed by atoms with van der Waals surface area (Å²) in [6, 6.07) is 13.7. The van der Waals surface area contributed by atoms with Crippen molar-refractivity contribution in [1.82, 2.24) is 10.6 Å². The number of carbonyl (C=O) groups excluding carboxylic acids is 2. The third-order valence-electron chi connectivity index (χ3n) is 6.16. The number of unbranched alkanes of at least 4 members (excludes halogenated alkanes) is 6. The minimum Gasteiger partial charge on any atom is -0.493 e. The number of hydrogen-bond acceptors (Lipinski definition) is 5. The Kier molecular flexibility index (Phi) is 10.7. The molecule has 1 atom stereocenters. The van der Waals surface area contributed by atoms with E-state index in [1.165, 1.54) is 32.1 Å². The molecule has 1 aliphatic heterocycles. The molecule has 1 aliphatic rings. The highest BCUT2D eigenvalue weighted by Gasteiger charge is 2.34. The van der Waals surface area contributed by atoms with E-state index in [0.717, 1.165) is 18.4 Å². The van der Waals surface area contributed by atoms with Crippen LogP contribution in [-0.4, -0.2) is 32.3 Å². The summed E-state index contributed by atoms with van der Waals surface area (Å²) in [7, 11) is 1.58. The minimum atomic E-state index is -0.709. The van der Waals surface area contributed by atoms with Crippen molar-refractivity contribution in [2.45, 2.75) is 64.8 Å². The van der Waals surface area contributed by atoms with E-state index in [1.54, 1.807) is 20.1 Å². The smallest absolute Gasteiger partial charge is 0.338 e. The van der Waals surface area contributed by atoms with Crippen LogP contribution in [0, 0.1) is 0 Å². The normalized spacial score (nSPS) is 15.2. The number of benzene rings is 2. The molecule has 1 heterocycles. The van der Waals surface area contributed by atoms with E-state index in [4.69, 9.17) is 14.2 Å². The molecule has 0 bridgehead atoms. The number of rotatable bonds is 14. The molecule has 7 nitrogen and oxygen atoms in total. The van der Waals surface area contributed by atoms with Crippen LogP contribution >= 0.6 is 0 Å². The van der Waals surface area contributed by atoms with E-state index in [0.29, 0.717) is 34.9 Å². The third kappa shape index (κ3) is 7.26. The maximum Gasteiger partial charge on any atom is 0.338 e. The molecule has 3 rings (SSSR count). The molecular formula is C29H38N2O5. The summed E-state index contributed by atoms with van der Waals surface area (Å²) in [6.45, 7) is 4.81. The third-order valence-corrected chi connectivity index (χ3v) is 6.16. The average molecular weight is 495 g/mol. The summed E-state index contributed by atoms with van der Waals surface area (Å²) in [5.74, 6) is 0.692. The van der Waals surface area contributed by atoms with Crippen LogP contribution in [-0.2, 0) is 9.53 Å². The van der Waals surface area contributed by atoms with Crippen molar-refractivity contribution in [3.63, 3.8) is 0 Å². The molecule has 0 aliphatic carbocycles. The number of esters is 1. The fourth-order valence-corrected chi connectivity index (χ4v) is 4.30. The molecule has 36 heavy (non-hydrogen) atoms. The molecule has 0 fully saturated rings. The van der Waals surface area contributed by atoms with E-state index in [-0.39, 0.29) is 6.61 Å². The first-order valence-electron chi connectivity index (χ1n) is 12.9. The summed E-state index contributed by atoms with van der Waals surface area (Å²) < 4.78 is 17.0. The van der Waals surface area contributed by atoms with Gasteiger partial charge in [-0.15, -0.1) is 0 Å². The van der Waals surface area contributed by atoms with Gasteiger partial charge in [-0.05, 0) is 36.6 Å². The largest absolute Gasteiger partial charge is 0.493 e. The summed E-state index contributed by atoms with van der Waals surface area (Å²) in [5, 5.41) is 5.66. The molecule has 0 aromatic heterocycles. The Morgan fingerprint density at radius 3 is 2.33 bits per heavy atom. The standard InChI is InChI=1S/C29H38N2O5/c1-4-6-7-8-9-10-14-19-36-23-18-17-22(20-24(23)34-3)27-25(28(32)35-5-2)26(30-29(33)31-27)21-15-12-11-13-16-21/h11-13,15-18,20,27H,4-10,14,19H2,1-3H3,(H2,30,31,33). The quantitative estimate of drug-likeness (QED) is 0.243. The van der Waals surface area contributed by atoms with E-state index in [9.17, 15) is 9.59 Å². The van der Waals surface area contributed by atoms with Crippen LogP contribution in [0.2, 0.25) is 0 Å². The van der Waals surface area contributed by atoms with Crippen LogP contribution in [0.25, 0.3) is 5.70 Å². The van der Waals surface area contributed by atoms with Crippen LogP contribution < -0.4 is 20.1 Å². The first-order valence-corrected chi connectivity index (χ1v) is 12.9. The van der Waals surface area contributed by atoms with Gasteiger partial charge in [-0.25, -0.2) is 9.59 Å². The fraction of sp³-hybridized carbons (Fsp3) is 0.448. The second-order valence-electron chi connectivity index (χ2n) is 8.79. The second-order valence-corrected chi connectivity index (χ2v) is 8.79. The molecule has 2 amide bonds. The van der Waals surface area contributed by atoms with Crippen LogP contribution in [0.15, 0.2) is 54.1 Å². The van der Waals surface area contributed by atoms with E-state index < -0.39 is 18.0 Å². The topological polar surface area (TPSA) is 85.9 Å². The number of methoxy groups -OCH3 is 1. The fourth-order valence-electron chi connectivity index (χ4n) is 4.30. The van der Waals surface area contributed by atoms with Crippen LogP contribution in [0.3, 0.4) is 0 Å². The highest BCUT2D eigenvalue weighted by atomic mass is 16.5. The van der Waals surface area contributed by atoms with E-state index in [1.807, 2.05) is 42.5 Å². The zero-order valence-corrected chi connectivity index (χ0v) is 21.6. The molecule has 2 aromatic rings. The number of carbonyl (C=O) groups is 2. The van der Waals surface area contributed by atoms with Gasteiger partial charge in [-0.1, -0.05) is 81.8 Å². The average Bonchev–Trinajstić information content (AvgIpc) is 2.90. The van der Waals surface area contributed by atoms with Crippen LogP contribution in [0.1, 0.15) is 76.0 Å². The molecule has 0 saturated carbocycles. The first kappa shape index (κ1) is 27.1. The Balaban J connectivity index is 1.80. The lowest BCUT2D eigenvalue weighted by atomic mass is 9.92. The predicted octanol–water partition coefficient (Wildman–Crippen LogP) is 6.15. The summed E-state index contributed by atoms with van der Waals surface area (Å²) >= 11 is 0. The molecule has 0 spiro atoms. The second kappa shape index (κ2) is 14.2. The Morgan fingerprint density at radius 2 is 1.64 bits per heavy atom. The lowest BCUT2D eigenvalue weighted by molar-refractivity contribution is -0.138. The number of nitrogens with one attached hydrogen (secondary N) is 2. The number of hydrogen-bond donors (Lipinski definition) is 2. The van der Waals surface area contributed by atoms with Crippen molar-refractivity contribution < 1.29 is 23.8 Å². The van der Waals surface area contributed by atoms with Crippen LogP contribution in [0.5, 0.6) is 11.5 Å². The van der Waals surface area contributed by atoms with Gasteiger partial charge < -0.3 is 24.8 Å². The molecule has 1 unspecified atom stereocenters. The van der Waals surface area contributed by atoms with Crippen molar-refractivity contribution in [3.05, 3.63) is 65.2 Å².